The van der Waals surface area contributed by atoms with Crippen LogP contribution in [0.1, 0.15) is 64.7 Å². The molecule has 1 fully saturated rings. The predicted molar refractivity (Wildman–Crippen MR) is 174 cm³/mol. The van der Waals surface area contributed by atoms with E-state index in [1.54, 1.807) is 18.3 Å². The summed E-state index contributed by atoms with van der Waals surface area (Å²) < 4.78 is 47.0. The molecule has 1 amide bonds. The Morgan fingerprint density at radius 2 is 1.85 bits per heavy atom. The normalized spacial score (nSPS) is 16.0. The fourth-order valence-electron chi connectivity index (χ4n) is 6.74. The zero-order chi connectivity index (χ0) is 33.1. The van der Waals surface area contributed by atoms with Gasteiger partial charge in [-0.1, -0.05) is 23.4 Å². The molecule has 0 aliphatic carbocycles. The Bertz CT molecular complexity index is 2280. The van der Waals surface area contributed by atoms with Gasteiger partial charge in [-0.05, 0) is 85.5 Å². The Balaban J connectivity index is 1.29. The molecule has 2 atom stereocenters. The lowest BCUT2D eigenvalue weighted by atomic mass is 9.92. The van der Waals surface area contributed by atoms with Gasteiger partial charge < -0.3 is 10.2 Å². The number of aromatic amines is 1. The maximum Gasteiger partial charge on any atom is 0.439 e. The van der Waals surface area contributed by atoms with Crippen molar-refractivity contribution >= 4 is 33.1 Å². The van der Waals surface area contributed by atoms with Gasteiger partial charge in [0.15, 0.2) is 17.5 Å². The minimum absolute atomic E-state index is 0.131. The molecule has 0 radical (unpaired) electrons. The highest BCUT2D eigenvalue weighted by atomic mass is 32.1. The molecular weight excluding hydrogens is 641 g/mol. The third-order valence-electron chi connectivity index (χ3n) is 9.06. The van der Waals surface area contributed by atoms with Crippen LogP contribution in [0.5, 0.6) is 0 Å². The Labute approximate surface area is 275 Å². The van der Waals surface area contributed by atoms with Crippen molar-refractivity contribution in [1.82, 2.24) is 25.0 Å². The third-order valence-corrected chi connectivity index (χ3v) is 10.2. The summed E-state index contributed by atoms with van der Waals surface area (Å²) in [6.07, 6.45) is 4.25. The third kappa shape index (κ3) is 5.14. The number of halogens is 3. The first-order chi connectivity index (χ1) is 23.2. The molecule has 8 rings (SSSR count). The van der Waals surface area contributed by atoms with Gasteiger partial charge in [0.05, 0.1) is 39.3 Å². The largest absolute Gasteiger partial charge is 0.439 e. The topological polar surface area (TPSA) is 117 Å². The number of thiophene rings is 1. The van der Waals surface area contributed by atoms with Crippen LogP contribution in [0, 0.1) is 17.5 Å². The Kier molecular flexibility index (Phi) is 7.35. The molecular formula is C35H27F3N6O3S. The van der Waals surface area contributed by atoms with Crippen molar-refractivity contribution in [2.45, 2.75) is 44.7 Å². The van der Waals surface area contributed by atoms with Crippen LogP contribution in [0.4, 0.5) is 19.0 Å². The van der Waals surface area contributed by atoms with E-state index in [4.69, 9.17) is 9.51 Å². The van der Waals surface area contributed by atoms with Crippen molar-refractivity contribution in [2.75, 3.05) is 11.9 Å². The molecule has 0 spiro atoms. The Hall–Kier alpha value is -5.30. The minimum atomic E-state index is -0.934. The molecule has 48 heavy (non-hydrogen) atoms. The van der Waals surface area contributed by atoms with Gasteiger partial charge in [0.1, 0.15) is 11.6 Å². The van der Waals surface area contributed by atoms with E-state index >= 15 is 0 Å². The van der Waals surface area contributed by atoms with Crippen LogP contribution in [0.3, 0.4) is 0 Å². The number of hydrogen-bond acceptors (Lipinski definition) is 8. The van der Waals surface area contributed by atoms with Crippen LogP contribution < -0.4 is 11.1 Å². The molecule has 2 N–H and O–H groups in total. The quantitative estimate of drug-likeness (QED) is 0.174. The number of aromatic nitrogens is 4. The van der Waals surface area contributed by atoms with Gasteiger partial charge in [0.25, 0.3) is 5.91 Å². The maximum absolute atomic E-state index is 14.1. The van der Waals surface area contributed by atoms with E-state index in [1.165, 1.54) is 29.5 Å². The molecule has 2 aromatic carbocycles. The van der Waals surface area contributed by atoms with Crippen LogP contribution in [-0.2, 0) is 12.8 Å². The maximum atomic E-state index is 14.1. The van der Waals surface area contributed by atoms with Crippen LogP contribution in [0.2, 0.25) is 0 Å². The highest BCUT2D eigenvalue weighted by Gasteiger charge is 2.44. The summed E-state index contributed by atoms with van der Waals surface area (Å²) in [5.74, 6) is -2.37. The SMILES string of the molecule is C[C@@H](Nc1nccc2cc(-c3c4c(nc(CCc5ccc(F)cc5)c3-c3noc(=O)[nH]3)[C@H]3CCCN3C4=O)sc12)c1ccc(F)c(F)c1. The minimum Gasteiger partial charge on any atom is -0.362 e. The average Bonchev–Trinajstić information content (AvgIpc) is 3.88. The molecule has 1 saturated heterocycles. The molecule has 2 aliphatic heterocycles. The molecule has 242 valence electrons. The van der Waals surface area contributed by atoms with E-state index in [0.29, 0.717) is 58.8 Å². The second-order valence-corrected chi connectivity index (χ2v) is 13.1. The van der Waals surface area contributed by atoms with Crippen LogP contribution in [-0.4, -0.2) is 37.5 Å². The second kappa shape index (κ2) is 11.7. The van der Waals surface area contributed by atoms with E-state index < -0.39 is 23.4 Å². The number of carbonyl (C=O) groups is 1. The lowest BCUT2D eigenvalue weighted by Gasteiger charge is -2.16. The summed E-state index contributed by atoms with van der Waals surface area (Å²) in [6.45, 7) is 2.45. The summed E-state index contributed by atoms with van der Waals surface area (Å²) in [7, 11) is 0. The van der Waals surface area contributed by atoms with Gasteiger partial charge in [-0.2, -0.15) is 0 Å². The van der Waals surface area contributed by atoms with Gasteiger partial charge in [-0.25, -0.2) is 22.9 Å². The van der Waals surface area contributed by atoms with Gasteiger partial charge >= 0.3 is 5.76 Å². The van der Waals surface area contributed by atoms with Crippen molar-refractivity contribution < 1.29 is 22.5 Å². The first kappa shape index (κ1) is 30.1. The van der Waals surface area contributed by atoms with Crippen molar-refractivity contribution in [1.29, 1.82) is 0 Å². The standard InChI is InChI=1S/C35H27F3N6O3S/c1-17(19-7-10-22(37)23(38)15-19)40-33-31-20(12-13-39-33)16-26(48-31)28-27(32-42-35(46)47-43-32)24(11-6-18-4-8-21(36)9-5-18)41-30-25-3-2-14-44(25)34(45)29(28)30/h4-5,7-10,12-13,15-17,25H,2-3,6,11,14H2,1H3,(H,39,40)(H,42,43,46)/t17-,25-/m1/s1. The smallest absolute Gasteiger partial charge is 0.362 e. The zero-order valence-corrected chi connectivity index (χ0v) is 26.3. The van der Waals surface area contributed by atoms with E-state index in [1.807, 2.05) is 24.0 Å². The number of carbonyl (C=O) groups excluding carboxylic acids is 1. The highest BCUT2D eigenvalue weighted by molar-refractivity contribution is 7.23. The fraction of sp³-hybridized carbons (Fsp3) is 0.229. The van der Waals surface area contributed by atoms with Gasteiger partial charge in [0.2, 0.25) is 0 Å². The van der Waals surface area contributed by atoms with Crippen LogP contribution >= 0.6 is 11.3 Å². The molecule has 0 saturated carbocycles. The van der Waals surface area contributed by atoms with E-state index in [-0.39, 0.29) is 23.6 Å². The number of amides is 1. The lowest BCUT2D eigenvalue weighted by molar-refractivity contribution is 0.0776. The van der Waals surface area contributed by atoms with Crippen molar-refractivity contribution in [3.05, 3.63) is 117 Å². The van der Waals surface area contributed by atoms with Gasteiger partial charge in [0, 0.05) is 23.2 Å². The fourth-order valence-corrected chi connectivity index (χ4v) is 7.91. The molecule has 6 heterocycles. The summed E-state index contributed by atoms with van der Waals surface area (Å²) in [5.41, 5.74) is 4.31. The summed E-state index contributed by atoms with van der Waals surface area (Å²) in [6, 6.07) is 13.3. The van der Waals surface area contributed by atoms with E-state index in [9.17, 15) is 22.8 Å². The van der Waals surface area contributed by atoms with E-state index in [0.717, 1.165) is 45.5 Å². The predicted octanol–water partition coefficient (Wildman–Crippen LogP) is 7.37. The second-order valence-electron chi connectivity index (χ2n) is 12.0. The lowest BCUT2D eigenvalue weighted by Crippen LogP contribution is -2.22. The highest BCUT2D eigenvalue weighted by Crippen LogP contribution is 2.50. The Morgan fingerprint density at radius 3 is 2.62 bits per heavy atom. The van der Waals surface area contributed by atoms with Crippen molar-refractivity contribution in [3.63, 3.8) is 0 Å². The number of pyridine rings is 2. The number of H-pyrrole nitrogens is 1. The number of benzene rings is 2. The number of fused-ring (bicyclic) bond motifs is 4. The van der Waals surface area contributed by atoms with Crippen molar-refractivity contribution in [3.8, 4) is 21.8 Å². The molecule has 9 nitrogen and oxygen atoms in total. The molecule has 2 aliphatic rings. The molecule has 13 heteroatoms. The summed E-state index contributed by atoms with van der Waals surface area (Å²) in [5, 5.41) is 8.22. The molecule has 4 aromatic heterocycles. The molecule has 0 bridgehead atoms. The summed E-state index contributed by atoms with van der Waals surface area (Å²) >= 11 is 1.41. The summed E-state index contributed by atoms with van der Waals surface area (Å²) in [4.78, 5) is 41.3. The number of anilines is 1. The first-order valence-corrected chi connectivity index (χ1v) is 16.4. The number of rotatable bonds is 8. The molecule has 6 aromatic rings. The number of nitrogens with one attached hydrogen (secondary N) is 2. The number of nitrogens with zero attached hydrogens (tertiary/aromatic N) is 4. The first-order valence-electron chi connectivity index (χ1n) is 15.5. The molecule has 0 unspecified atom stereocenters. The van der Waals surface area contributed by atoms with Gasteiger partial charge in [-0.15, -0.1) is 11.3 Å². The Morgan fingerprint density at radius 1 is 1.02 bits per heavy atom. The van der Waals surface area contributed by atoms with Gasteiger partial charge in [-0.3, -0.25) is 19.3 Å². The number of aryl methyl sites for hydroxylation is 2. The van der Waals surface area contributed by atoms with Crippen molar-refractivity contribution in [2.24, 2.45) is 0 Å². The van der Waals surface area contributed by atoms with E-state index in [2.05, 4.69) is 20.4 Å². The zero-order valence-electron chi connectivity index (χ0n) is 25.5. The average molecular weight is 669 g/mol. The monoisotopic (exact) mass is 668 g/mol. The number of hydrogen-bond donors (Lipinski definition) is 2. The van der Waals surface area contributed by atoms with Crippen LogP contribution in [0.25, 0.3) is 31.9 Å². The van der Waals surface area contributed by atoms with Crippen LogP contribution in [0.15, 0.2) is 70.1 Å².